The molecule has 0 radical (unpaired) electrons. The summed E-state index contributed by atoms with van der Waals surface area (Å²) in [6.45, 7) is 3.70. The van der Waals surface area contributed by atoms with Crippen molar-refractivity contribution in [3.05, 3.63) is 23.8 Å². The summed E-state index contributed by atoms with van der Waals surface area (Å²) in [5, 5.41) is 14.2. The van der Waals surface area contributed by atoms with E-state index in [0.717, 1.165) is 0 Å². The lowest BCUT2D eigenvalue weighted by atomic mass is 10.0. The van der Waals surface area contributed by atoms with Crippen LogP contribution in [0.3, 0.4) is 0 Å². The van der Waals surface area contributed by atoms with Crippen LogP contribution in [0.15, 0.2) is 18.2 Å². The van der Waals surface area contributed by atoms with Crippen LogP contribution in [-0.4, -0.2) is 35.5 Å². The number of carbonyl (C=O) groups is 3. The van der Waals surface area contributed by atoms with Crippen LogP contribution in [0.4, 0.5) is 5.69 Å². The number of rotatable bonds is 5. The quantitative estimate of drug-likeness (QED) is 0.759. The fourth-order valence-corrected chi connectivity index (χ4v) is 2.16. The minimum atomic E-state index is -1.07. The Balaban J connectivity index is 2.13. The minimum Gasteiger partial charge on any atom is -0.482 e. The molecular formula is C15H18N2O5. The van der Waals surface area contributed by atoms with Gasteiger partial charge in [0.2, 0.25) is 0 Å². The monoisotopic (exact) mass is 306 g/mol. The number of carboxylic acids is 1. The van der Waals surface area contributed by atoms with Crippen molar-refractivity contribution >= 4 is 23.5 Å². The number of carbonyl (C=O) groups excluding carboxylic acids is 2. The third-order valence-corrected chi connectivity index (χ3v) is 3.19. The first-order valence-corrected chi connectivity index (χ1v) is 6.97. The summed E-state index contributed by atoms with van der Waals surface area (Å²) < 4.78 is 5.20. The number of carboxylic acid groups (broad SMARTS) is 1. The van der Waals surface area contributed by atoms with Gasteiger partial charge in [-0.25, -0.2) is 4.79 Å². The Morgan fingerprint density at radius 2 is 2.14 bits per heavy atom. The smallest absolute Gasteiger partial charge is 0.326 e. The van der Waals surface area contributed by atoms with Gasteiger partial charge in [-0.15, -0.1) is 0 Å². The molecule has 7 heteroatoms. The molecule has 118 valence electrons. The van der Waals surface area contributed by atoms with Crippen LogP contribution in [0.1, 0.15) is 30.6 Å². The van der Waals surface area contributed by atoms with Crippen molar-refractivity contribution in [1.29, 1.82) is 0 Å². The van der Waals surface area contributed by atoms with E-state index in [4.69, 9.17) is 9.84 Å². The van der Waals surface area contributed by atoms with Crippen LogP contribution in [0.25, 0.3) is 0 Å². The molecule has 3 N–H and O–H groups in total. The Morgan fingerprint density at radius 3 is 2.77 bits per heavy atom. The van der Waals surface area contributed by atoms with Crippen molar-refractivity contribution in [3.8, 4) is 5.75 Å². The second-order valence-electron chi connectivity index (χ2n) is 5.54. The third kappa shape index (κ3) is 3.75. The predicted molar refractivity (Wildman–Crippen MR) is 78.9 cm³/mol. The first kappa shape index (κ1) is 15.8. The minimum absolute atomic E-state index is 0.0615. The molecule has 0 fully saturated rings. The molecule has 1 aromatic rings. The molecule has 1 aromatic carbocycles. The molecule has 0 saturated carbocycles. The van der Waals surface area contributed by atoms with Crippen LogP contribution in [0.5, 0.6) is 5.75 Å². The molecule has 0 aliphatic carbocycles. The van der Waals surface area contributed by atoms with Gasteiger partial charge < -0.3 is 20.5 Å². The maximum atomic E-state index is 12.2. The van der Waals surface area contributed by atoms with Gasteiger partial charge in [0, 0.05) is 5.56 Å². The summed E-state index contributed by atoms with van der Waals surface area (Å²) in [5.41, 5.74) is 0.666. The number of ether oxygens (including phenoxy) is 1. The second kappa shape index (κ2) is 6.46. The van der Waals surface area contributed by atoms with Crippen molar-refractivity contribution in [2.45, 2.75) is 26.3 Å². The van der Waals surface area contributed by atoms with Gasteiger partial charge in [-0.2, -0.15) is 0 Å². The van der Waals surface area contributed by atoms with Gasteiger partial charge in [-0.05, 0) is 30.5 Å². The van der Waals surface area contributed by atoms with Gasteiger partial charge in [-0.3, -0.25) is 9.59 Å². The van der Waals surface area contributed by atoms with E-state index in [0.29, 0.717) is 17.9 Å². The average molecular weight is 306 g/mol. The Morgan fingerprint density at radius 1 is 1.41 bits per heavy atom. The Hall–Kier alpha value is -2.57. The normalized spacial score (nSPS) is 14.6. The van der Waals surface area contributed by atoms with Crippen LogP contribution in [0.2, 0.25) is 0 Å². The van der Waals surface area contributed by atoms with E-state index >= 15 is 0 Å². The molecule has 0 bridgehead atoms. The molecule has 22 heavy (non-hydrogen) atoms. The first-order chi connectivity index (χ1) is 10.4. The van der Waals surface area contributed by atoms with E-state index in [9.17, 15) is 14.4 Å². The van der Waals surface area contributed by atoms with E-state index in [1.54, 1.807) is 6.07 Å². The molecule has 2 rings (SSSR count). The highest BCUT2D eigenvalue weighted by Crippen LogP contribution is 2.28. The number of hydrogen-bond acceptors (Lipinski definition) is 4. The highest BCUT2D eigenvalue weighted by atomic mass is 16.5. The molecule has 7 nitrogen and oxygen atoms in total. The lowest BCUT2D eigenvalue weighted by molar-refractivity contribution is -0.139. The first-order valence-electron chi connectivity index (χ1n) is 6.97. The van der Waals surface area contributed by atoms with Crippen molar-refractivity contribution in [2.24, 2.45) is 5.92 Å². The Bertz CT molecular complexity index is 612. The highest BCUT2D eigenvalue weighted by molar-refractivity contribution is 6.00. The largest absolute Gasteiger partial charge is 0.482 e. The van der Waals surface area contributed by atoms with Crippen LogP contribution in [0, 0.1) is 5.92 Å². The van der Waals surface area contributed by atoms with Crippen molar-refractivity contribution in [2.75, 3.05) is 11.9 Å². The topological polar surface area (TPSA) is 105 Å². The summed E-state index contributed by atoms with van der Waals surface area (Å²) in [4.78, 5) is 34.6. The molecule has 0 unspecified atom stereocenters. The maximum absolute atomic E-state index is 12.2. The zero-order valence-corrected chi connectivity index (χ0v) is 12.4. The van der Waals surface area contributed by atoms with Crippen LogP contribution in [-0.2, 0) is 9.59 Å². The van der Waals surface area contributed by atoms with Gasteiger partial charge in [0.15, 0.2) is 6.61 Å². The molecule has 0 spiro atoms. The Labute approximate surface area is 127 Å². The van der Waals surface area contributed by atoms with Crippen molar-refractivity contribution < 1.29 is 24.2 Å². The van der Waals surface area contributed by atoms with Crippen LogP contribution >= 0.6 is 0 Å². The lowest BCUT2D eigenvalue weighted by Crippen LogP contribution is -2.41. The fraction of sp³-hybridized carbons (Fsp3) is 0.400. The lowest BCUT2D eigenvalue weighted by Gasteiger charge is -2.19. The second-order valence-corrected chi connectivity index (χ2v) is 5.54. The number of anilines is 1. The van der Waals surface area contributed by atoms with Gasteiger partial charge in [-0.1, -0.05) is 13.8 Å². The maximum Gasteiger partial charge on any atom is 0.326 e. The standard InChI is InChI=1S/C15H18N2O5/c1-8(2)5-11(15(20)21)17-14(19)9-3-4-12-10(6-9)16-13(18)7-22-12/h3-4,6,8,11H,5,7H2,1-2H3,(H,16,18)(H,17,19)(H,20,21)/t11-/m0/s1. The molecule has 1 aliphatic heterocycles. The highest BCUT2D eigenvalue weighted by Gasteiger charge is 2.23. The number of nitrogens with one attached hydrogen (secondary N) is 2. The van der Waals surface area contributed by atoms with Gasteiger partial charge in [0.1, 0.15) is 11.8 Å². The number of amides is 2. The molecule has 1 aliphatic rings. The predicted octanol–water partition coefficient (Wildman–Crippen LogP) is 1.25. The third-order valence-electron chi connectivity index (χ3n) is 3.19. The molecule has 1 atom stereocenters. The van der Waals surface area contributed by atoms with Gasteiger partial charge in [0.05, 0.1) is 5.69 Å². The van der Waals surface area contributed by atoms with Crippen molar-refractivity contribution in [3.63, 3.8) is 0 Å². The molecule has 2 amide bonds. The summed E-state index contributed by atoms with van der Waals surface area (Å²) in [6.07, 6.45) is 0.339. The SMILES string of the molecule is CC(C)C[C@H](NC(=O)c1ccc2c(c1)NC(=O)CO2)C(=O)O. The summed E-state index contributed by atoms with van der Waals surface area (Å²) in [6, 6.07) is 3.62. The molecule has 0 saturated heterocycles. The van der Waals surface area contributed by atoms with Crippen LogP contribution < -0.4 is 15.4 Å². The zero-order chi connectivity index (χ0) is 16.3. The Kier molecular flexibility index (Phi) is 4.65. The summed E-state index contributed by atoms with van der Waals surface area (Å²) in [7, 11) is 0. The molecular weight excluding hydrogens is 288 g/mol. The number of benzene rings is 1. The molecule has 0 aromatic heterocycles. The fourth-order valence-electron chi connectivity index (χ4n) is 2.16. The summed E-state index contributed by atoms with van der Waals surface area (Å²) in [5.74, 6) is -1.26. The molecule has 1 heterocycles. The van der Waals surface area contributed by atoms with Crippen molar-refractivity contribution in [1.82, 2.24) is 5.32 Å². The van der Waals surface area contributed by atoms with Gasteiger partial charge >= 0.3 is 5.97 Å². The van der Waals surface area contributed by atoms with E-state index in [1.165, 1.54) is 12.1 Å². The summed E-state index contributed by atoms with van der Waals surface area (Å²) >= 11 is 0. The average Bonchev–Trinajstić information content (AvgIpc) is 2.45. The van der Waals surface area contributed by atoms with E-state index in [-0.39, 0.29) is 24.0 Å². The number of aliphatic carboxylic acids is 1. The zero-order valence-electron chi connectivity index (χ0n) is 12.4. The number of hydrogen-bond donors (Lipinski definition) is 3. The van der Waals surface area contributed by atoms with E-state index in [2.05, 4.69) is 10.6 Å². The number of fused-ring (bicyclic) bond motifs is 1. The van der Waals surface area contributed by atoms with E-state index in [1.807, 2.05) is 13.8 Å². The van der Waals surface area contributed by atoms with E-state index < -0.39 is 17.9 Å². The van der Waals surface area contributed by atoms with Gasteiger partial charge in [0.25, 0.3) is 11.8 Å².